The zero-order valence-electron chi connectivity index (χ0n) is 15.1. The van der Waals surface area contributed by atoms with Crippen molar-refractivity contribution in [3.05, 3.63) is 52.6 Å². The van der Waals surface area contributed by atoms with E-state index in [0.717, 1.165) is 37.6 Å². The van der Waals surface area contributed by atoms with Crippen LogP contribution in [0.15, 0.2) is 30.3 Å². The first-order valence-corrected chi connectivity index (χ1v) is 9.19. The van der Waals surface area contributed by atoms with Crippen molar-refractivity contribution >= 4 is 17.3 Å². The van der Waals surface area contributed by atoms with Crippen molar-refractivity contribution in [2.45, 2.75) is 32.4 Å². The van der Waals surface area contributed by atoms with Crippen molar-refractivity contribution in [1.29, 1.82) is 0 Å². The number of rotatable bonds is 3. The molecule has 140 valence electrons. The predicted molar refractivity (Wildman–Crippen MR) is 99.7 cm³/mol. The highest BCUT2D eigenvalue weighted by Crippen LogP contribution is 2.37. The Bertz CT molecular complexity index is 934. The van der Waals surface area contributed by atoms with E-state index in [9.17, 15) is 19.8 Å². The minimum Gasteiger partial charge on any atom is -0.508 e. The molecule has 0 radical (unpaired) electrons. The zero-order chi connectivity index (χ0) is 19.1. The molecule has 1 aliphatic carbocycles. The summed E-state index contributed by atoms with van der Waals surface area (Å²) in [6.07, 6.45) is 3.01. The third kappa shape index (κ3) is 2.86. The molecule has 1 fully saturated rings. The van der Waals surface area contributed by atoms with Gasteiger partial charge in [0.05, 0.1) is 5.56 Å². The molecule has 0 bridgehead atoms. The number of fused-ring (bicyclic) bond motifs is 2. The second kappa shape index (κ2) is 6.70. The van der Waals surface area contributed by atoms with E-state index in [-0.39, 0.29) is 45.8 Å². The molecule has 6 heteroatoms. The van der Waals surface area contributed by atoms with Gasteiger partial charge in [0, 0.05) is 41.6 Å². The topological polar surface area (TPSA) is 87.1 Å². The van der Waals surface area contributed by atoms with Gasteiger partial charge in [0.2, 0.25) is 0 Å². The van der Waals surface area contributed by atoms with E-state index >= 15 is 0 Å². The molecule has 1 unspecified atom stereocenters. The molecule has 4 rings (SSSR count). The maximum atomic E-state index is 13.0. The van der Waals surface area contributed by atoms with Crippen LogP contribution in [0.5, 0.6) is 11.5 Å². The quantitative estimate of drug-likeness (QED) is 0.739. The molecule has 2 N–H and O–H groups in total. The number of hydrogen-bond acceptors (Lipinski definition) is 6. The van der Waals surface area contributed by atoms with Crippen molar-refractivity contribution < 1.29 is 24.5 Å². The summed E-state index contributed by atoms with van der Waals surface area (Å²) in [5.41, 5.74) is 1.37. The van der Waals surface area contributed by atoms with Gasteiger partial charge >= 0.3 is 0 Å². The molecule has 1 atom stereocenters. The molecule has 6 nitrogen and oxygen atoms in total. The lowest BCUT2D eigenvalue weighted by molar-refractivity contribution is 0.0433. The standard InChI is InChI=1S/C21H21NO5/c1-2-27-18-5-3-4-8-22(18)12-6-7-14-15(9-12)20(25)16-10-13(23)11-17(24)19(16)21(14)26/h6-7,9-11,18,23-24H,2-5,8H2,1H3. The summed E-state index contributed by atoms with van der Waals surface area (Å²) in [6.45, 7) is 3.39. The maximum absolute atomic E-state index is 13.0. The van der Waals surface area contributed by atoms with E-state index in [1.807, 2.05) is 13.0 Å². The number of anilines is 1. The fourth-order valence-electron chi connectivity index (χ4n) is 3.97. The number of aromatic hydroxyl groups is 2. The summed E-state index contributed by atoms with van der Waals surface area (Å²) in [5.74, 6) is -1.42. The van der Waals surface area contributed by atoms with Crippen LogP contribution in [0.1, 0.15) is 58.0 Å². The van der Waals surface area contributed by atoms with Crippen molar-refractivity contribution in [3.63, 3.8) is 0 Å². The van der Waals surface area contributed by atoms with Gasteiger partial charge in [-0.1, -0.05) is 0 Å². The number of ether oxygens (including phenoxy) is 1. The Morgan fingerprint density at radius 2 is 1.85 bits per heavy atom. The van der Waals surface area contributed by atoms with Gasteiger partial charge in [0.25, 0.3) is 0 Å². The van der Waals surface area contributed by atoms with E-state index < -0.39 is 5.78 Å². The van der Waals surface area contributed by atoms with Gasteiger partial charge in [-0.05, 0) is 50.5 Å². The number of ketones is 2. The van der Waals surface area contributed by atoms with Crippen LogP contribution in [0, 0.1) is 0 Å². The molecule has 1 aliphatic heterocycles. The third-order valence-corrected chi connectivity index (χ3v) is 5.20. The van der Waals surface area contributed by atoms with Crippen LogP contribution in [0.25, 0.3) is 0 Å². The largest absolute Gasteiger partial charge is 0.508 e. The smallest absolute Gasteiger partial charge is 0.198 e. The molecule has 27 heavy (non-hydrogen) atoms. The monoisotopic (exact) mass is 367 g/mol. The van der Waals surface area contributed by atoms with E-state index in [4.69, 9.17) is 4.74 Å². The van der Waals surface area contributed by atoms with E-state index in [1.165, 1.54) is 6.07 Å². The van der Waals surface area contributed by atoms with Crippen molar-refractivity contribution in [2.24, 2.45) is 0 Å². The first-order chi connectivity index (χ1) is 13.0. The summed E-state index contributed by atoms with van der Waals surface area (Å²) >= 11 is 0. The molecule has 0 spiro atoms. The van der Waals surface area contributed by atoms with Crippen molar-refractivity contribution in [3.8, 4) is 11.5 Å². The number of phenols is 2. The fourth-order valence-corrected chi connectivity index (χ4v) is 3.97. The highest BCUT2D eigenvalue weighted by Gasteiger charge is 2.34. The van der Waals surface area contributed by atoms with Crippen molar-refractivity contribution in [1.82, 2.24) is 0 Å². The Morgan fingerprint density at radius 3 is 2.63 bits per heavy atom. The minimum absolute atomic E-state index is 0.0298. The first-order valence-electron chi connectivity index (χ1n) is 9.19. The number of piperidine rings is 1. The Balaban J connectivity index is 1.78. The van der Waals surface area contributed by atoms with E-state index in [1.54, 1.807) is 12.1 Å². The van der Waals surface area contributed by atoms with E-state index in [0.29, 0.717) is 6.61 Å². The summed E-state index contributed by atoms with van der Waals surface area (Å²) < 4.78 is 5.84. The Labute approximate surface area is 157 Å². The van der Waals surface area contributed by atoms with Gasteiger partial charge in [-0.3, -0.25) is 9.59 Å². The zero-order valence-corrected chi connectivity index (χ0v) is 15.1. The second-order valence-electron chi connectivity index (χ2n) is 6.87. The molecule has 0 saturated carbocycles. The van der Waals surface area contributed by atoms with Gasteiger partial charge in [-0.15, -0.1) is 0 Å². The van der Waals surface area contributed by atoms with Crippen LogP contribution in [0.4, 0.5) is 5.69 Å². The highest BCUT2D eigenvalue weighted by molar-refractivity contribution is 6.29. The molecule has 1 saturated heterocycles. The summed E-state index contributed by atoms with van der Waals surface area (Å²) in [5, 5.41) is 19.8. The molecular formula is C21H21NO5. The molecule has 2 aliphatic rings. The number of carbonyl (C=O) groups is 2. The van der Waals surface area contributed by atoms with Gasteiger partial charge < -0.3 is 19.8 Å². The first kappa shape index (κ1) is 17.5. The number of phenolic OH excluding ortho intramolecular Hbond substituents is 2. The second-order valence-corrected chi connectivity index (χ2v) is 6.87. The van der Waals surface area contributed by atoms with Crippen molar-refractivity contribution in [2.75, 3.05) is 18.1 Å². The molecule has 1 heterocycles. The minimum atomic E-state index is -0.413. The lowest BCUT2D eigenvalue weighted by Gasteiger charge is -2.37. The lowest BCUT2D eigenvalue weighted by Crippen LogP contribution is -2.41. The lowest BCUT2D eigenvalue weighted by atomic mass is 9.83. The van der Waals surface area contributed by atoms with Crippen LogP contribution in [0.3, 0.4) is 0 Å². The summed E-state index contributed by atoms with van der Waals surface area (Å²) in [7, 11) is 0. The molecule has 2 aromatic rings. The number of benzene rings is 2. The normalized spacial score (nSPS) is 19.0. The Hall–Kier alpha value is -2.86. The van der Waals surface area contributed by atoms with Gasteiger partial charge in [0.15, 0.2) is 11.6 Å². The van der Waals surface area contributed by atoms with Crippen LogP contribution < -0.4 is 4.90 Å². The predicted octanol–water partition coefficient (Wildman–Crippen LogP) is 3.23. The summed E-state index contributed by atoms with van der Waals surface area (Å²) in [6, 6.07) is 7.48. The number of carbonyl (C=O) groups excluding carboxylic acids is 2. The Kier molecular flexibility index (Phi) is 4.36. The highest BCUT2D eigenvalue weighted by atomic mass is 16.5. The fraction of sp³-hybridized carbons (Fsp3) is 0.333. The van der Waals surface area contributed by atoms with Crippen LogP contribution in [0.2, 0.25) is 0 Å². The summed E-state index contributed by atoms with van der Waals surface area (Å²) in [4.78, 5) is 27.9. The third-order valence-electron chi connectivity index (χ3n) is 5.20. The number of hydrogen-bond donors (Lipinski definition) is 2. The van der Waals surface area contributed by atoms with Gasteiger partial charge in [-0.2, -0.15) is 0 Å². The SMILES string of the molecule is CCOC1CCCCN1c1ccc2c(c1)C(=O)c1cc(O)cc(O)c1C2=O. The molecule has 0 amide bonds. The molecular weight excluding hydrogens is 346 g/mol. The average molecular weight is 367 g/mol. The van der Waals surface area contributed by atoms with Gasteiger partial charge in [-0.25, -0.2) is 0 Å². The molecule has 0 aromatic heterocycles. The average Bonchev–Trinajstić information content (AvgIpc) is 2.66. The number of nitrogens with zero attached hydrogens (tertiary/aromatic N) is 1. The molecule has 2 aromatic carbocycles. The van der Waals surface area contributed by atoms with Crippen LogP contribution in [-0.4, -0.2) is 41.2 Å². The van der Waals surface area contributed by atoms with Crippen LogP contribution >= 0.6 is 0 Å². The van der Waals surface area contributed by atoms with Gasteiger partial charge in [0.1, 0.15) is 17.7 Å². The Morgan fingerprint density at radius 1 is 1.04 bits per heavy atom. The van der Waals surface area contributed by atoms with Crippen LogP contribution in [-0.2, 0) is 4.74 Å². The maximum Gasteiger partial charge on any atom is 0.198 e. The van der Waals surface area contributed by atoms with E-state index in [2.05, 4.69) is 4.90 Å².